The van der Waals surface area contributed by atoms with E-state index in [4.69, 9.17) is 39.6 Å². The zero-order chi connectivity index (χ0) is 82.1. The van der Waals surface area contributed by atoms with Crippen molar-refractivity contribution in [2.45, 2.75) is 158 Å². The van der Waals surface area contributed by atoms with E-state index in [0.29, 0.717) is 61.2 Å². The molecule has 1 aromatic heterocycles. The maximum Gasteiger partial charge on any atom is 0.338 e. The molecule has 9 heterocycles. The first kappa shape index (κ1) is 83.5. The Morgan fingerprint density at radius 2 is 1.13 bits per heavy atom. The summed E-state index contributed by atoms with van der Waals surface area (Å²) in [5.74, 6) is 25.7. The zero-order valence-corrected chi connectivity index (χ0v) is 67.8. The van der Waals surface area contributed by atoms with Crippen molar-refractivity contribution in [3.63, 3.8) is 0 Å². The van der Waals surface area contributed by atoms with Crippen molar-refractivity contribution in [3.8, 4) is 83.0 Å². The number of hydrogen-bond acceptors (Lipinski definition) is 19. The molecule has 2 saturated carbocycles. The molecule has 0 amide bonds. The fraction of sp³-hybridized carbons (Fsp3) is 0.433. The predicted octanol–water partition coefficient (Wildman–Crippen LogP) is 11.1. The van der Waals surface area contributed by atoms with E-state index >= 15 is 4.79 Å². The van der Waals surface area contributed by atoms with Gasteiger partial charge in [-0.2, -0.15) is 0 Å². The maximum atomic E-state index is 15.4. The van der Waals surface area contributed by atoms with E-state index in [1.807, 2.05) is 50.5 Å². The highest BCUT2D eigenvalue weighted by molar-refractivity contribution is 5.95. The molecule has 16 rings (SSSR count). The summed E-state index contributed by atoms with van der Waals surface area (Å²) in [6, 6.07) is 34.6. The average molecular weight is 1580 g/mol. The number of fused-ring (bicyclic) bond motifs is 7. The molecule has 606 valence electrons. The first-order chi connectivity index (χ1) is 56.0. The van der Waals surface area contributed by atoms with Gasteiger partial charge in [0.25, 0.3) is 0 Å². The van der Waals surface area contributed by atoms with E-state index in [-0.39, 0.29) is 38.0 Å². The van der Waals surface area contributed by atoms with Gasteiger partial charge in [-0.05, 0) is 189 Å². The van der Waals surface area contributed by atoms with Crippen molar-refractivity contribution in [1.29, 1.82) is 0 Å². The number of hydrogen-bond donors (Lipinski definition) is 3. The van der Waals surface area contributed by atoms with Crippen LogP contribution in [0.5, 0.6) is 11.5 Å². The standard InChI is InChI=1S/C52H60N4O8.C31H36N2O6.C13H4.CH4/c1-7-33-25-34-28-51(48(59)62-6,43-37(19-23-55(29-33)30-34)36-17-12-13-18-40(36)53-43)39-26-38-41(27-42(39)61-5)54(4)46-50(38)21-24-56-22-14-20-49(8-2,45(50)56)47(64-32(3)57)52(46,60)31-63-44(58)35-15-10-9-11-16-35;1-5-29-14-9-16-33-17-15-30(26(29)33)23-13-12-22(37-4)18-24(23)32(3)27(30)31(36,28(29)39-20(2)34)19-38-25(35)21-10-7-6-8-11-21;1-3-5-7-9-11-13-12-10-8-6-4-2;/h9-18,20,25-27,34,45-47,53,60H,7-8,19,21-24,28-31H2,1-6H3;6-14,18,26-28,36H,5,15-17,19H2,1-4H3;1H,2H3;1H4/t34-,45?,46+,47+,49+,50+,51-,52-;26?,27-,28-,29-,30-,31+;;/m01../s1. The van der Waals surface area contributed by atoms with Gasteiger partial charge in [0, 0.05) is 140 Å². The number of methoxy groups -OCH3 is 3. The van der Waals surface area contributed by atoms with E-state index in [1.165, 1.54) is 26.5 Å². The number of nitrogens with one attached hydrogen (secondary N) is 1. The number of benzene rings is 5. The third-order valence-corrected chi connectivity index (χ3v) is 26.5. The first-order valence-electron chi connectivity index (χ1n) is 40.0. The molecular formula is C97H104N6O14. The van der Waals surface area contributed by atoms with Crippen LogP contribution in [0.15, 0.2) is 151 Å². The number of nitrogens with zero attached hydrogens (tertiary/aromatic N) is 5. The maximum absolute atomic E-state index is 15.4. The number of ether oxygens (including phenoxy) is 7. The first-order valence-corrected chi connectivity index (χ1v) is 40.0. The fourth-order valence-electron chi connectivity index (χ4n) is 22.6. The Morgan fingerprint density at radius 3 is 1.63 bits per heavy atom. The smallest absolute Gasteiger partial charge is 0.338 e. The summed E-state index contributed by atoms with van der Waals surface area (Å²) in [6.07, 6.45) is 18.5. The summed E-state index contributed by atoms with van der Waals surface area (Å²) >= 11 is 0. The highest BCUT2D eigenvalue weighted by Crippen LogP contribution is 2.70. The van der Waals surface area contributed by atoms with Crippen molar-refractivity contribution < 1.29 is 67.3 Å². The molecular weight excluding hydrogens is 1470 g/mol. The lowest BCUT2D eigenvalue weighted by Gasteiger charge is -2.64. The Balaban J connectivity index is 0.000000190. The topological polar surface area (TPSA) is 222 Å². The molecule has 3 N–H and O–H groups in total. The number of aromatic nitrogens is 1. The molecule has 20 heteroatoms. The van der Waals surface area contributed by atoms with Gasteiger partial charge in [-0.3, -0.25) is 29.1 Å². The average Bonchev–Trinajstić information content (AvgIpc) is 1.50. The Labute approximate surface area is 687 Å². The minimum absolute atomic E-state index is 0. The second-order valence-corrected chi connectivity index (χ2v) is 32.0. The number of esters is 5. The predicted molar refractivity (Wildman–Crippen MR) is 450 cm³/mol. The monoisotopic (exact) mass is 1580 g/mol. The number of aromatic amines is 1. The number of para-hydroxylation sites is 1. The summed E-state index contributed by atoms with van der Waals surface area (Å²) in [5, 5.41) is 27.9. The Morgan fingerprint density at radius 1 is 0.607 bits per heavy atom. The molecule has 3 unspecified atom stereocenters. The molecule has 6 aromatic rings. The number of carbonyl (C=O) groups excluding carboxylic acids is 5. The summed E-state index contributed by atoms with van der Waals surface area (Å²) in [6.45, 7) is 15.7. The van der Waals surface area contributed by atoms with Gasteiger partial charge in [0.1, 0.15) is 42.3 Å². The number of anilines is 2. The highest BCUT2D eigenvalue weighted by atomic mass is 16.6. The second-order valence-electron chi connectivity index (χ2n) is 32.0. The van der Waals surface area contributed by atoms with Gasteiger partial charge < -0.3 is 58.2 Å². The van der Waals surface area contributed by atoms with Crippen LogP contribution < -0.4 is 19.3 Å². The number of H-pyrrole nitrogens is 1. The Hall–Kier alpha value is -11.4. The third-order valence-electron chi connectivity index (χ3n) is 26.5. The van der Waals surface area contributed by atoms with Crippen molar-refractivity contribution >= 4 is 52.1 Å². The number of carbonyl (C=O) groups is 5. The van der Waals surface area contributed by atoms with Crippen LogP contribution in [0, 0.1) is 88.3 Å². The van der Waals surface area contributed by atoms with Gasteiger partial charge in [-0.15, -0.1) is 6.42 Å². The van der Waals surface area contributed by atoms with Gasteiger partial charge in [0.15, 0.2) is 11.2 Å². The molecule has 2 saturated heterocycles. The highest BCUT2D eigenvalue weighted by Gasteiger charge is 2.80. The van der Waals surface area contributed by atoms with E-state index in [1.54, 1.807) is 69.7 Å². The van der Waals surface area contributed by atoms with Crippen LogP contribution in [0.2, 0.25) is 0 Å². The lowest BCUT2D eigenvalue weighted by Crippen LogP contribution is -2.80. The van der Waals surface area contributed by atoms with Crippen LogP contribution in [0.3, 0.4) is 0 Å². The fourth-order valence-corrected chi connectivity index (χ4v) is 22.6. The van der Waals surface area contributed by atoms with Crippen LogP contribution >= 0.6 is 0 Å². The van der Waals surface area contributed by atoms with Crippen LogP contribution in [0.4, 0.5) is 11.4 Å². The molecule has 2 bridgehead atoms. The molecule has 5 aromatic carbocycles. The largest absolute Gasteiger partial charge is 0.497 e. The van der Waals surface area contributed by atoms with E-state index in [9.17, 15) is 29.4 Å². The summed E-state index contributed by atoms with van der Waals surface area (Å²) in [5.41, 5.74) is 1.79. The SMILES string of the molecule is C.C#CC#CC#CC#CC#CC#CC.CCC1=C[C@@H]2CN(CCc3c([nH]c4ccccc34)[C@@](C(=O)OC)(c3cc4c(cc3OC)N(C)[C@H]3[C@@](O)(COC(=O)c5ccccc5)[C@H](OC(C)=O)[C@]5(CC)C=CCN6CC[C@]43C65)C2)C1.CC[C@]12C=CCN3CC[C@@]4(c5ccc(OC)cc5N(C)[C@H]4[C@@](O)(COC(=O)c4ccccc4)[C@@H]1OC(C)=O)C32. The van der Waals surface area contributed by atoms with E-state index in [2.05, 4.69) is 176 Å². The molecule has 2 aliphatic carbocycles. The van der Waals surface area contributed by atoms with Gasteiger partial charge in [0.05, 0.1) is 44.5 Å². The van der Waals surface area contributed by atoms with Crippen molar-refractivity contribution in [1.82, 2.24) is 19.7 Å². The van der Waals surface area contributed by atoms with Crippen LogP contribution in [-0.2, 0) is 60.7 Å². The normalized spacial score (nSPS) is 29.6. The number of likely N-dealkylation sites (N-methyl/N-ethyl adjacent to an activating group) is 2. The quantitative estimate of drug-likeness (QED) is 0.0376. The minimum atomic E-state index is -1.91. The zero-order valence-electron chi connectivity index (χ0n) is 67.8. The number of rotatable bonds is 15. The van der Waals surface area contributed by atoms with E-state index in [0.717, 1.165) is 102 Å². The third kappa shape index (κ3) is 13.8. The van der Waals surface area contributed by atoms with Crippen LogP contribution in [0.25, 0.3) is 10.9 Å². The minimum Gasteiger partial charge on any atom is -0.497 e. The molecule has 117 heavy (non-hydrogen) atoms. The molecule has 2 spiro atoms. The van der Waals surface area contributed by atoms with Crippen molar-refractivity contribution in [3.05, 3.63) is 190 Å². The summed E-state index contributed by atoms with van der Waals surface area (Å²) in [4.78, 5) is 83.7. The van der Waals surface area contributed by atoms with Gasteiger partial charge in [-0.25, -0.2) is 9.59 Å². The van der Waals surface area contributed by atoms with Crippen LogP contribution in [0.1, 0.15) is 136 Å². The Kier molecular flexibility index (Phi) is 24.0. The lowest BCUT2D eigenvalue weighted by molar-refractivity contribution is -0.228. The molecule has 20 nitrogen and oxygen atoms in total. The summed E-state index contributed by atoms with van der Waals surface area (Å²) < 4.78 is 42.6. The molecule has 15 atom stereocenters. The summed E-state index contributed by atoms with van der Waals surface area (Å²) in [7, 11) is 8.70. The van der Waals surface area contributed by atoms with Crippen LogP contribution in [-0.4, -0.2) is 202 Å². The van der Waals surface area contributed by atoms with Gasteiger partial charge >= 0.3 is 29.8 Å². The lowest BCUT2D eigenvalue weighted by atomic mass is 9.47. The molecule has 4 fully saturated rings. The molecule has 8 aliphatic heterocycles. The number of aliphatic hydroxyl groups is 2. The van der Waals surface area contributed by atoms with Crippen molar-refractivity contribution in [2.24, 2.45) is 16.7 Å². The van der Waals surface area contributed by atoms with Gasteiger partial charge in [0.2, 0.25) is 0 Å². The number of terminal acetylenes is 1. The molecule has 0 radical (unpaired) electrons. The van der Waals surface area contributed by atoms with E-state index < -0.39 is 93.1 Å². The second kappa shape index (κ2) is 33.7. The van der Waals surface area contributed by atoms with Crippen molar-refractivity contribution in [2.75, 3.05) is 104 Å². The van der Waals surface area contributed by atoms with Gasteiger partial charge in [-0.1, -0.05) is 131 Å². The molecule has 10 aliphatic rings. The Bertz CT molecular complexity index is 5350.